The highest BCUT2D eigenvalue weighted by Gasteiger charge is 2.53. The first-order chi connectivity index (χ1) is 14.1. The average molecular weight is 529 g/mol. The molecule has 0 spiro atoms. The summed E-state index contributed by atoms with van der Waals surface area (Å²) in [6, 6.07) is 3.19. The molecule has 1 saturated heterocycles. The summed E-state index contributed by atoms with van der Waals surface area (Å²) in [4.78, 5) is 0. The van der Waals surface area contributed by atoms with Gasteiger partial charge in [-0.25, -0.2) is 0 Å². The minimum absolute atomic E-state index is 0.623. The highest BCUT2D eigenvalue weighted by molar-refractivity contribution is 6.93. The van der Waals surface area contributed by atoms with Crippen molar-refractivity contribution in [2.75, 3.05) is 40.1 Å². The van der Waals surface area contributed by atoms with Gasteiger partial charge in [0.05, 0.1) is 26.4 Å². The fourth-order valence-electron chi connectivity index (χ4n) is 4.24. The molecule has 1 rings (SSSR count). The molecule has 0 N–H and O–H groups in total. The Balaban J connectivity index is 2.37. The molecule has 0 aromatic carbocycles. The standard InChI is InChI=1S/C19H48O7Si5/c1-20-13-14-22-16-15-21-12-11-17-27(2,3)23-28(4,5)18-19-31(10)25-29(6,7)24-30(8,9)26-31/h11-19H2,1-10H3. The fraction of sp³-hybridized carbons (Fsp3) is 1.00. The number of rotatable bonds is 15. The summed E-state index contributed by atoms with van der Waals surface area (Å²) >= 11 is 0. The van der Waals surface area contributed by atoms with Gasteiger partial charge in [-0.3, -0.25) is 0 Å². The van der Waals surface area contributed by atoms with Gasteiger partial charge in [-0.1, -0.05) is 0 Å². The van der Waals surface area contributed by atoms with Gasteiger partial charge in [-0.2, -0.15) is 0 Å². The Bertz CT molecular complexity index is 516. The van der Waals surface area contributed by atoms with Crippen molar-refractivity contribution in [1.82, 2.24) is 0 Å². The third-order valence-corrected chi connectivity index (χ3v) is 25.4. The zero-order valence-electron chi connectivity index (χ0n) is 21.7. The van der Waals surface area contributed by atoms with Crippen molar-refractivity contribution in [3.05, 3.63) is 0 Å². The van der Waals surface area contributed by atoms with Gasteiger partial charge < -0.3 is 30.7 Å². The van der Waals surface area contributed by atoms with Crippen LogP contribution in [-0.4, -0.2) is 82.5 Å². The van der Waals surface area contributed by atoms with E-state index < -0.39 is 42.3 Å². The van der Waals surface area contributed by atoms with Gasteiger partial charge in [0.15, 0.2) is 16.6 Å². The van der Waals surface area contributed by atoms with Crippen molar-refractivity contribution in [3.63, 3.8) is 0 Å². The summed E-state index contributed by atoms with van der Waals surface area (Å²) in [5, 5.41) is 0. The van der Waals surface area contributed by atoms with Gasteiger partial charge in [0, 0.05) is 13.7 Å². The maximum atomic E-state index is 6.82. The molecule has 1 fully saturated rings. The summed E-state index contributed by atoms with van der Waals surface area (Å²) in [5.41, 5.74) is 0. The maximum absolute atomic E-state index is 6.82. The number of ether oxygens (including phenoxy) is 3. The molecule has 0 bridgehead atoms. The highest BCUT2D eigenvalue weighted by Crippen LogP contribution is 2.35. The lowest BCUT2D eigenvalue weighted by atomic mass is 10.5. The van der Waals surface area contributed by atoms with E-state index >= 15 is 0 Å². The van der Waals surface area contributed by atoms with Crippen LogP contribution in [0.25, 0.3) is 0 Å². The number of methoxy groups -OCH3 is 1. The second kappa shape index (κ2) is 12.5. The third-order valence-electron chi connectivity index (χ3n) is 5.02. The molecule has 0 aromatic heterocycles. The summed E-state index contributed by atoms with van der Waals surface area (Å²) in [5.74, 6) is 0. The first kappa shape index (κ1) is 29.8. The third kappa shape index (κ3) is 13.3. The number of hydrogen-bond acceptors (Lipinski definition) is 7. The SMILES string of the molecule is COCCOCCOCCC[Si](C)(C)O[Si](C)(C)CC[Si]1(C)O[Si](C)(C)O[Si](C)(C)O1. The normalized spacial score (nSPS) is 20.7. The monoisotopic (exact) mass is 528 g/mol. The lowest BCUT2D eigenvalue weighted by Crippen LogP contribution is -2.65. The van der Waals surface area contributed by atoms with E-state index in [1.165, 1.54) is 0 Å². The van der Waals surface area contributed by atoms with Crippen LogP contribution in [-0.2, 0) is 30.7 Å². The van der Waals surface area contributed by atoms with E-state index in [0.29, 0.717) is 26.4 Å². The zero-order valence-corrected chi connectivity index (χ0v) is 26.7. The van der Waals surface area contributed by atoms with Crippen LogP contribution in [0.2, 0.25) is 77.1 Å². The van der Waals surface area contributed by atoms with Crippen molar-refractivity contribution >= 4 is 42.3 Å². The van der Waals surface area contributed by atoms with E-state index in [9.17, 15) is 0 Å². The van der Waals surface area contributed by atoms with Crippen LogP contribution in [0.4, 0.5) is 0 Å². The Kier molecular flexibility index (Phi) is 12.0. The Hall–Kier alpha value is 0.804. The number of hydrogen-bond donors (Lipinski definition) is 0. The van der Waals surface area contributed by atoms with E-state index in [2.05, 4.69) is 58.9 Å². The van der Waals surface area contributed by atoms with Crippen LogP contribution in [0.3, 0.4) is 0 Å². The van der Waals surface area contributed by atoms with Crippen molar-refractivity contribution in [3.8, 4) is 0 Å². The molecule has 31 heavy (non-hydrogen) atoms. The molecule has 1 heterocycles. The lowest BCUT2D eigenvalue weighted by molar-refractivity contribution is 0.0249. The Morgan fingerprint density at radius 2 is 1.13 bits per heavy atom. The van der Waals surface area contributed by atoms with Crippen LogP contribution in [0, 0.1) is 0 Å². The summed E-state index contributed by atoms with van der Waals surface area (Å²) in [6.07, 6.45) is 1.04. The molecule has 0 atom stereocenters. The molecule has 7 nitrogen and oxygen atoms in total. The zero-order chi connectivity index (χ0) is 23.8. The van der Waals surface area contributed by atoms with Crippen LogP contribution in [0.15, 0.2) is 0 Å². The lowest BCUT2D eigenvalue weighted by Gasteiger charge is -2.48. The van der Waals surface area contributed by atoms with Crippen LogP contribution in [0.5, 0.6) is 0 Å². The second-order valence-electron chi connectivity index (χ2n) is 10.7. The van der Waals surface area contributed by atoms with E-state index in [0.717, 1.165) is 31.2 Å². The first-order valence-corrected chi connectivity index (χ1v) is 25.9. The second-order valence-corrected chi connectivity index (χ2v) is 30.4. The van der Waals surface area contributed by atoms with Crippen molar-refractivity contribution in [2.24, 2.45) is 0 Å². The van der Waals surface area contributed by atoms with E-state index in [1.807, 2.05) is 0 Å². The molecule has 0 aromatic rings. The van der Waals surface area contributed by atoms with Crippen molar-refractivity contribution < 1.29 is 30.7 Å². The molecule has 1 aliphatic rings. The molecule has 0 aliphatic carbocycles. The van der Waals surface area contributed by atoms with Gasteiger partial charge in [0.1, 0.15) is 0 Å². The Morgan fingerprint density at radius 3 is 1.68 bits per heavy atom. The average Bonchev–Trinajstić information content (AvgIpc) is 2.55. The maximum Gasteiger partial charge on any atom is 0.317 e. The van der Waals surface area contributed by atoms with Gasteiger partial charge in [0.25, 0.3) is 0 Å². The minimum Gasteiger partial charge on any atom is -0.456 e. The molecule has 0 radical (unpaired) electrons. The van der Waals surface area contributed by atoms with E-state index in [4.69, 9.17) is 30.7 Å². The fourth-order valence-corrected chi connectivity index (χ4v) is 31.8. The highest BCUT2D eigenvalue weighted by atomic mass is 28.5. The van der Waals surface area contributed by atoms with Crippen LogP contribution >= 0.6 is 0 Å². The molecule has 186 valence electrons. The smallest absolute Gasteiger partial charge is 0.317 e. The predicted molar refractivity (Wildman–Crippen MR) is 138 cm³/mol. The minimum atomic E-state index is -2.22. The topological polar surface area (TPSA) is 64.6 Å². The molecular weight excluding hydrogens is 481 g/mol. The van der Waals surface area contributed by atoms with Gasteiger partial charge in [-0.05, 0) is 83.5 Å². The van der Waals surface area contributed by atoms with Crippen molar-refractivity contribution in [2.45, 2.75) is 83.5 Å². The summed E-state index contributed by atoms with van der Waals surface area (Å²) in [7, 11) is -8.25. The Labute approximate surface area is 196 Å². The van der Waals surface area contributed by atoms with E-state index in [-0.39, 0.29) is 0 Å². The first-order valence-electron chi connectivity index (χ1n) is 11.5. The summed E-state index contributed by atoms with van der Waals surface area (Å²) < 4.78 is 42.0. The molecule has 0 saturated carbocycles. The molecule has 0 unspecified atom stereocenters. The van der Waals surface area contributed by atoms with Crippen LogP contribution < -0.4 is 0 Å². The van der Waals surface area contributed by atoms with Crippen molar-refractivity contribution in [1.29, 1.82) is 0 Å². The largest absolute Gasteiger partial charge is 0.456 e. The van der Waals surface area contributed by atoms with Gasteiger partial charge in [-0.15, -0.1) is 0 Å². The molecular formula is C19H48O7Si5. The van der Waals surface area contributed by atoms with Crippen LogP contribution in [0.1, 0.15) is 6.42 Å². The molecule has 0 amide bonds. The van der Waals surface area contributed by atoms with E-state index in [1.54, 1.807) is 7.11 Å². The molecule has 1 aliphatic heterocycles. The predicted octanol–water partition coefficient (Wildman–Crippen LogP) is 5.02. The van der Waals surface area contributed by atoms with Gasteiger partial charge in [0.2, 0.25) is 0 Å². The summed E-state index contributed by atoms with van der Waals surface area (Å²) in [6.45, 7) is 23.5. The molecule has 12 heteroatoms. The van der Waals surface area contributed by atoms with Gasteiger partial charge >= 0.3 is 25.7 Å². The quantitative estimate of drug-likeness (QED) is 0.218. The Morgan fingerprint density at radius 1 is 0.645 bits per heavy atom.